The molecule has 0 aromatic rings. The Morgan fingerprint density at radius 1 is 0.557 bits per heavy atom. The standard InChI is InChI=1S/C53H97NO16/c1-9-12-15-18-21-24-41(29-40(57)28-38(32-55)51(64)54-39(33-56)27-34(4)5)67-44(58)30-42(25-22-19-16-13-10-2)68-45(59)31-43(26-23-20-17-14-11-3)69-53-49(63)50(47(61)37(8)66-53)70-52-48(62)46(60)35(6)36(7)65-52/h34-39,41-43,46-50,52-53,55-56,60-63H,9-33H2,1-8H3,(H,54,64). The normalized spacial score (nSPS) is 27.1. The Balaban J connectivity index is 2.25. The lowest BCUT2D eigenvalue weighted by Gasteiger charge is -2.46. The van der Waals surface area contributed by atoms with Gasteiger partial charge in [0.15, 0.2) is 12.6 Å². The Labute approximate surface area is 419 Å². The maximum absolute atomic E-state index is 13.9. The Morgan fingerprint density at radius 2 is 1.04 bits per heavy atom. The van der Waals surface area contributed by atoms with Crippen molar-refractivity contribution in [2.24, 2.45) is 17.8 Å². The summed E-state index contributed by atoms with van der Waals surface area (Å²) >= 11 is 0. The van der Waals surface area contributed by atoms with E-state index in [1.165, 1.54) is 0 Å². The van der Waals surface area contributed by atoms with E-state index in [9.17, 15) is 49.8 Å². The van der Waals surface area contributed by atoms with E-state index in [2.05, 4.69) is 26.1 Å². The Kier molecular flexibility index (Phi) is 32.6. The van der Waals surface area contributed by atoms with Gasteiger partial charge in [-0.25, -0.2) is 0 Å². The number of rotatable bonds is 38. The third-order valence-electron chi connectivity index (χ3n) is 13.8. The van der Waals surface area contributed by atoms with E-state index >= 15 is 0 Å². The Bertz CT molecular complexity index is 1440. The molecular weight excluding hydrogens is 907 g/mol. The molecule has 0 aliphatic carbocycles. The van der Waals surface area contributed by atoms with Gasteiger partial charge in [0, 0.05) is 18.8 Å². The molecule has 0 saturated carbocycles. The van der Waals surface area contributed by atoms with Crippen molar-refractivity contribution in [3.63, 3.8) is 0 Å². The number of aliphatic hydroxyl groups excluding tert-OH is 6. The van der Waals surface area contributed by atoms with E-state index in [4.69, 9.17) is 28.4 Å². The minimum atomic E-state index is -1.58. The number of hydrogen-bond acceptors (Lipinski definition) is 16. The summed E-state index contributed by atoms with van der Waals surface area (Å²) in [5.74, 6) is -3.34. The molecule has 2 heterocycles. The quantitative estimate of drug-likeness (QED) is 0.0258. The first kappa shape index (κ1) is 63.8. The number of nitrogens with one attached hydrogen (secondary N) is 1. The number of carbonyl (C=O) groups is 4. The maximum Gasteiger partial charge on any atom is 0.309 e. The maximum atomic E-state index is 13.9. The lowest BCUT2D eigenvalue weighted by Crippen LogP contribution is -2.62. The lowest BCUT2D eigenvalue weighted by molar-refractivity contribution is -0.354. The summed E-state index contributed by atoms with van der Waals surface area (Å²) < 4.78 is 36.1. The average Bonchev–Trinajstić information content (AvgIpc) is 3.31. The summed E-state index contributed by atoms with van der Waals surface area (Å²) in [7, 11) is 0. The fourth-order valence-corrected chi connectivity index (χ4v) is 9.20. The minimum Gasteiger partial charge on any atom is -0.462 e. The third kappa shape index (κ3) is 24.1. The van der Waals surface area contributed by atoms with Crippen molar-refractivity contribution < 1.29 is 78.2 Å². The van der Waals surface area contributed by atoms with E-state index in [1.807, 2.05) is 13.8 Å². The van der Waals surface area contributed by atoms with Gasteiger partial charge in [-0.2, -0.15) is 0 Å². The SMILES string of the molecule is CCCCCCCC(CC(=O)CC(CO)C(=O)NC(CO)CC(C)C)OC(=O)CC(CCCCCCC)OC(=O)CC(CCCCCCC)OC1OC(C)C(O)C(OC2OC(C)C(C)C(O)C2O)C1O. The van der Waals surface area contributed by atoms with Crippen LogP contribution in [0.1, 0.15) is 203 Å². The van der Waals surface area contributed by atoms with Crippen molar-refractivity contribution in [1.29, 1.82) is 0 Å². The zero-order valence-electron chi connectivity index (χ0n) is 44.2. The molecule has 17 heteroatoms. The van der Waals surface area contributed by atoms with Gasteiger partial charge in [-0.05, 0) is 58.3 Å². The van der Waals surface area contributed by atoms with Crippen LogP contribution in [0.25, 0.3) is 0 Å². The molecule has 0 aromatic heterocycles. The van der Waals surface area contributed by atoms with Gasteiger partial charge in [-0.1, -0.05) is 125 Å². The first-order valence-electron chi connectivity index (χ1n) is 27.2. The molecule has 2 saturated heterocycles. The second-order valence-corrected chi connectivity index (χ2v) is 20.7. The summed E-state index contributed by atoms with van der Waals surface area (Å²) in [6, 6.07) is -0.509. The van der Waals surface area contributed by atoms with Crippen LogP contribution >= 0.6 is 0 Å². The molecule has 0 radical (unpaired) electrons. The molecule has 410 valence electrons. The first-order valence-corrected chi connectivity index (χ1v) is 27.2. The number of aliphatic hydroxyl groups is 6. The van der Waals surface area contributed by atoms with Gasteiger partial charge in [0.2, 0.25) is 5.91 Å². The molecule has 2 aliphatic heterocycles. The zero-order valence-corrected chi connectivity index (χ0v) is 44.2. The fourth-order valence-electron chi connectivity index (χ4n) is 9.20. The van der Waals surface area contributed by atoms with Crippen LogP contribution in [-0.2, 0) is 47.6 Å². The molecule has 15 atom stereocenters. The number of unbranched alkanes of at least 4 members (excludes halogenated alkanes) is 12. The van der Waals surface area contributed by atoms with Gasteiger partial charge in [0.25, 0.3) is 0 Å². The van der Waals surface area contributed by atoms with E-state index < -0.39 is 116 Å². The molecule has 17 nitrogen and oxygen atoms in total. The van der Waals surface area contributed by atoms with Gasteiger partial charge in [-0.3, -0.25) is 19.2 Å². The highest BCUT2D eigenvalue weighted by atomic mass is 16.7. The Morgan fingerprint density at radius 3 is 1.54 bits per heavy atom. The van der Waals surface area contributed by atoms with Gasteiger partial charge in [-0.15, -0.1) is 0 Å². The molecule has 0 spiro atoms. The van der Waals surface area contributed by atoms with Crippen LogP contribution in [-0.4, -0.2) is 147 Å². The van der Waals surface area contributed by atoms with Crippen LogP contribution in [0.4, 0.5) is 0 Å². The van der Waals surface area contributed by atoms with Gasteiger partial charge >= 0.3 is 11.9 Å². The molecule has 2 rings (SSSR count). The highest BCUT2D eigenvalue weighted by Crippen LogP contribution is 2.32. The molecule has 0 bridgehead atoms. The van der Waals surface area contributed by atoms with Gasteiger partial charge in [0.1, 0.15) is 42.4 Å². The lowest BCUT2D eigenvalue weighted by atomic mass is 9.91. The minimum absolute atomic E-state index is 0.150. The first-order chi connectivity index (χ1) is 33.4. The monoisotopic (exact) mass is 1000 g/mol. The van der Waals surface area contributed by atoms with Crippen LogP contribution in [0, 0.1) is 17.8 Å². The highest BCUT2D eigenvalue weighted by Gasteiger charge is 2.49. The number of carbonyl (C=O) groups excluding carboxylic acids is 4. The van der Waals surface area contributed by atoms with Crippen molar-refractivity contribution in [1.82, 2.24) is 5.32 Å². The van der Waals surface area contributed by atoms with Crippen LogP contribution in [0.3, 0.4) is 0 Å². The summed E-state index contributed by atoms with van der Waals surface area (Å²) in [5, 5.41) is 66.6. The van der Waals surface area contributed by atoms with Gasteiger partial charge < -0.3 is 64.4 Å². The smallest absolute Gasteiger partial charge is 0.309 e. The average molecular weight is 1000 g/mol. The highest BCUT2D eigenvalue weighted by molar-refractivity contribution is 5.87. The van der Waals surface area contributed by atoms with Crippen molar-refractivity contribution in [3.05, 3.63) is 0 Å². The number of ketones is 1. The van der Waals surface area contributed by atoms with Crippen molar-refractivity contribution in [2.45, 2.75) is 283 Å². The number of Topliss-reactive ketones (excluding diaryl/α,β-unsaturated/α-hetero) is 1. The topological polar surface area (TPSA) is 257 Å². The van der Waals surface area contributed by atoms with Crippen LogP contribution < -0.4 is 5.32 Å². The molecule has 1 amide bonds. The van der Waals surface area contributed by atoms with Crippen molar-refractivity contribution in [2.75, 3.05) is 13.2 Å². The van der Waals surface area contributed by atoms with Crippen LogP contribution in [0.15, 0.2) is 0 Å². The van der Waals surface area contributed by atoms with Crippen LogP contribution in [0.5, 0.6) is 0 Å². The summed E-state index contributed by atoms with van der Waals surface area (Å²) in [6.07, 6.45) is 1.40. The largest absolute Gasteiger partial charge is 0.462 e. The van der Waals surface area contributed by atoms with E-state index in [0.29, 0.717) is 44.9 Å². The summed E-state index contributed by atoms with van der Waals surface area (Å²) in [4.78, 5) is 54.2. The van der Waals surface area contributed by atoms with E-state index in [-0.39, 0.29) is 44.0 Å². The number of esters is 2. The van der Waals surface area contributed by atoms with E-state index in [1.54, 1.807) is 20.8 Å². The van der Waals surface area contributed by atoms with Gasteiger partial charge in [0.05, 0.1) is 62.4 Å². The molecule has 0 aromatic carbocycles. The molecule has 15 unspecified atom stereocenters. The van der Waals surface area contributed by atoms with Crippen molar-refractivity contribution in [3.8, 4) is 0 Å². The molecular formula is C53H97NO16. The number of amides is 1. The predicted molar refractivity (Wildman–Crippen MR) is 264 cm³/mol. The second-order valence-electron chi connectivity index (χ2n) is 20.7. The van der Waals surface area contributed by atoms with Crippen molar-refractivity contribution >= 4 is 23.6 Å². The Hall–Kier alpha value is -2.32. The molecule has 7 N–H and O–H groups in total. The zero-order chi connectivity index (χ0) is 52.2. The second kappa shape index (κ2) is 35.8. The molecule has 2 aliphatic rings. The summed E-state index contributed by atoms with van der Waals surface area (Å²) in [6.45, 7) is 14.5. The fraction of sp³-hybridized carbons (Fsp3) is 0.925. The predicted octanol–water partition coefficient (Wildman–Crippen LogP) is 6.49. The summed E-state index contributed by atoms with van der Waals surface area (Å²) in [5.41, 5.74) is 0. The molecule has 2 fully saturated rings. The third-order valence-corrected chi connectivity index (χ3v) is 13.8. The van der Waals surface area contributed by atoms with E-state index in [0.717, 1.165) is 77.0 Å². The number of ether oxygens (including phenoxy) is 6. The molecule has 70 heavy (non-hydrogen) atoms. The van der Waals surface area contributed by atoms with Crippen LogP contribution in [0.2, 0.25) is 0 Å². The number of hydrogen-bond donors (Lipinski definition) is 7.